The van der Waals surface area contributed by atoms with Crippen molar-refractivity contribution >= 4 is 17.8 Å². The van der Waals surface area contributed by atoms with Crippen molar-refractivity contribution in [2.45, 2.75) is 39.5 Å². The number of nitrogens with two attached hydrogens (primary N) is 1. The molecule has 0 saturated carbocycles. The zero-order valence-corrected chi connectivity index (χ0v) is 13.1. The summed E-state index contributed by atoms with van der Waals surface area (Å²) in [6, 6.07) is 0. The molecule has 1 rings (SSSR count). The molecule has 0 unspecified atom stereocenters. The van der Waals surface area contributed by atoms with Gasteiger partial charge in [0.05, 0.1) is 0 Å². The lowest BCUT2D eigenvalue weighted by Crippen LogP contribution is -2.29. The molecule has 0 saturated heterocycles. The van der Waals surface area contributed by atoms with Crippen LogP contribution in [0.1, 0.15) is 39.5 Å². The number of hydrogen-bond acceptors (Lipinski definition) is 7. The second kappa shape index (κ2) is 8.52. The molecule has 0 aliphatic rings. The van der Waals surface area contributed by atoms with Crippen LogP contribution in [0.2, 0.25) is 0 Å². The van der Waals surface area contributed by atoms with Crippen LogP contribution in [-0.2, 0) is 0 Å². The lowest BCUT2D eigenvalue weighted by Gasteiger charge is -2.23. The molecule has 0 fully saturated rings. The summed E-state index contributed by atoms with van der Waals surface area (Å²) in [5, 5.41) is 0. The molecule has 0 radical (unpaired) electrons. The van der Waals surface area contributed by atoms with Crippen LogP contribution in [0.25, 0.3) is 0 Å². The van der Waals surface area contributed by atoms with E-state index in [2.05, 4.69) is 39.1 Å². The lowest BCUT2D eigenvalue weighted by atomic mass is 10.3. The first-order valence-electron chi connectivity index (χ1n) is 7.27. The molecule has 1 aromatic heterocycles. The van der Waals surface area contributed by atoms with Crippen LogP contribution in [0, 0.1) is 0 Å². The molecule has 0 aliphatic heterocycles. The van der Waals surface area contributed by atoms with Crippen LogP contribution >= 0.6 is 0 Å². The Hall–Kier alpha value is -1.63. The number of nitrogens with one attached hydrogen (secondary N) is 1. The second-order valence-electron chi connectivity index (χ2n) is 4.99. The first-order valence-corrected chi connectivity index (χ1v) is 7.27. The average molecular weight is 281 g/mol. The van der Waals surface area contributed by atoms with Crippen molar-refractivity contribution in [2.75, 3.05) is 42.4 Å². The minimum absolute atomic E-state index is 0.400. The normalized spacial score (nSPS) is 10.4. The molecular formula is C13H27N7. The Balaban J connectivity index is 2.99. The Kier molecular flexibility index (Phi) is 7.00. The van der Waals surface area contributed by atoms with Crippen molar-refractivity contribution in [1.29, 1.82) is 0 Å². The van der Waals surface area contributed by atoms with E-state index in [1.807, 2.05) is 19.0 Å². The molecule has 0 atom stereocenters. The van der Waals surface area contributed by atoms with E-state index in [9.17, 15) is 0 Å². The van der Waals surface area contributed by atoms with E-state index >= 15 is 0 Å². The molecular weight excluding hydrogens is 254 g/mol. The number of aromatic nitrogens is 3. The van der Waals surface area contributed by atoms with E-state index in [1.165, 1.54) is 0 Å². The van der Waals surface area contributed by atoms with Gasteiger partial charge >= 0.3 is 0 Å². The van der Waals surface area contributed by atoms with Gasteiger partial charge in [-0.05, 0) is 12.8 Å². The number of hydrogen-bond donors (Lipinski definition) is 2. The highest BCUT2D eigenvalue weighted by atomic mass is 15.4. The summed E-state index contributed by atoms with van der Waals surface area (Å²) in [6.07, 6.45) is 4.54. The van der Waals surface area contributed by atoms with E-state index in [1.54, 1.807) is 0 Å². The monoisotopic (exact) mass is 281 g/mol. The van der Waals surface area contributed by atoms with Gasteiger partial charge in [-0.2, -0.15) is 15.0 Å². The number of unbranched alkanes of at least 4 members (excludes halogenated alkanes) is 2. The number of hydrazine groups is 1. The molecule has 114 valence electrons. The summed E-state index contributed by atoms with van der Waals surface area (Å²) in [6.45, 7) is 6.28. The summed E-state index contributed by atoms with van der Waals surface area (Å²) in [5.41, 5.74) is 2.51. The third kappa shape index (κ3) is 4.80. The van der Waals surface area contributed by atoms with Gasteiger partial charge in [0.25, 0.3) is 0 Å². The summed E-state index contributed by atoms with van der Waals surface area (Å²) < 4.78 is 0. The molecule has 0 amide bonds. The smallest absolute Gasteiger partial charge is 0.243 e. The quantitative estimate of drug-likeness (QED) is 0.525. The molecule has 7 nitrogen and oxygen atoms in total. The molecule has 0 spiro atoms. The fourth-order valence-corrected chi connectivity index (χ4v) is 1.77. The molecule has 3 N–H and O–H groups in total. The maximum Gasteiger partial charge on any atom is 0.243 e. The Labute approximate surface area is 121 Å². The third-order valence-corrected chi connectivity index (χ3v) is 2.99. The topological polar surface area (TPSA) is 83.2 Å². The van der Waals surface area contributed by atoms with Gasteiger partial charge in [-0.3, -0.25) is 5.43 Å². The lowest BCUT2D eigenvalue weighted by molar-refractivity contribution is 0.661. The molecule has 0 bridgehead atoms. The molecule has 0 aromatic carbocycles. The van der Waals surface area contributed by atoms with Crippen LogP contribution in [0.5, 0.6) is 0 Å². The van der Waals surface area contributed by atoms with E-state index in [4.69, 9.17) is 5.84 Å². The second-order valence-corrected chi connectivity index (χ2v) is 4.99. The largest absolute Gasteiger partial charge is 0.347 e. The first-order chi connectivity index (χ1) is 9.62. The van der Waals surface area contributed by atoms with Crippen LogP contribution < -0.4 is 21.1 Å². The number of nitrogens with zero attached hydrogens (tertiary/aromatic N) is 5. The van der Waals surface area contributed by atoms with Crippen molar-refractivity contribution in [2.24, 2.45) is 5.84 Å². The van der Waals surface area contributed by atoms with E-state index in [0.29, 0.717) is 17.8 Å². The van der Waals surface area contributed by atoms with Gasteiger partial charge in [0.1, 0.15) is 0 Å². The Morgan fingerprint density at radius 3 is 1.95 bits per heavy atom. The molecule has 20 heavy (non-hydrogen) atoms. The Morgan fingerprint density at radius 2 is 1.50 bits per heavy atom. The fourth-order valence-electron chi connectivity index (χ4n) is 1.77. The Bertz CT molecular complexity index is 386. The van der Waals surface area contributed by atoms with E-state index in [-0.39, 0.29) is 0 Å². The summed E-state index contributed by atoms with van der Waals surface area (Å²) in [5.74, 6) is 7.15. The summed E-state index contributed by atoms with van der Waals surface area (Å²) in [4.78, 5) is 17.2. The van der Waals surface area contributed by atoms with Crippen molar-refractivity contribution in [3.8, 4) is 0 Å². The van der Waals surface area contributed by atoms with Crippen LogP contribution in [0.15, 0.2) is 0 Å². The predicted molar refractivity (Wildman–Crippen MR) is 84.0 cm³/mol. The van der Waals surface area contributed by atoms with Gasteiger partial charge in [0.2, 0.25) is 17.8 Å². The van der Waals surface area contributed by atoms with E-state index in [0.717, 1.165) is 38.8 Å². The van der Waals surface area contributed by atoms with Gasteiger partial charge in [-0.25, -0.2) is 5.84 Å². The van der Waals surface area contributed by atoms with Crippen molar-refractivity contribution in [3.63, 3.8) is 0 Å². The van der Waals surface area contributed by atoms with Crippen molar-refractivity contribution < 1.29 is 0 Å². The summed E-state index contributed by atoms with van der Waals surface area (Å²) >= 11 is 0. The minimum atomic E-state index is 0.400. The molecule has 1 heterocycles. The van der Waals surface area contributed by atoms with Crippen LogP contribution in [-0.4, -0.2) is 42.1 Å². The minimum Gasteiger partial charge on any atom is -0.347 e. The van der Waals surface area contributed by atoms with Gasteiger partial charge in [0.15, 0.2) is 0 Å². The third-order valence-electron chi connectivity index (χ3n) is 2.99. The maximum absolute atomic E-state index is 5.45. The van der Waals surface area contributed by atoms with Gasteiger partial charge in [-0.1, -0.05) is 26.7 Å². The average Bonchev–Trinajstić information content (AvgIpc) is 2.46. The SMILES string of the molecule is CCCCN(CCCC)c1nc(NN)nc(N(C)C)n1. The fraction of sp³-hybridized carbons (Fsp3) is 0.769. The molecule has 7 heteroatoms. The highest BCUT2D eigenvalue weighted by molar-refractivity contribution is 5.44. The highest BCUT2D eigenvalue weighted by Gasteiger charge is 2.13. The molecule has 1 aromatic rings. The summed E-state index contributed by atoms with van der Waals surface area (Å²) in [7, 11) is 3.81. The van der Waals surface area contributed by atoms with Gasteiger partial charge in [0, 0.05) is 27.2 Å². The number of anilines is 3. The predicted octanol–water partition coefficient (Wildman–Crippen LogP) is 1.63. The first kappa shape index (κ1) is 16.4. The van der Waals surface area contributed by atoms with Gasteiger partial charge in [-0.15, -0.1) is 0 Å². The van der Waals surface area contributed by atoms with Gasteiger partial charge < -0.3 is 9.80 Å². The maximum atomic E-state index is 5.45. The highest BCUT2D eigenvalue weighted by Crippen LogP contribution is 2.16. The zero-order valence-electron chi connectivity index (χ0n) is 13.1. The number of rotatable bonds is 9. The van der Waals surface area contributed by atoms with Crippen molar-refractivity contribution in [3.05, 3.63) is 0 Å². The van der Waals surface area contributed by atoms with Crippen LogP contribution in [0.4, 0.5) is 17.8 Å². The van der Waals surface area contributed by atoms with E-state index < -0.39 is 0 Å². The van der Waals surface area contributed by atoms with Crippen molar-refractivity contribution in [1.82, 2.24) is 15.0 Å². The zero-order chi connectivity index (χ0) is 15.0. The standard InChI is InChI=1S/C13H27N7/c1-5-7-9-20(10-8-6-2)13-16-11(18-14)15-12(17-13)19(3)4/h5-10,14H2,1-4H3,(H,15,16,17,18). The van der Waals surface area contributed by atoms with Crippen LogP contribution in [0.3, 0.4) is 0 Å². The number of nitrogen functional groups attached to an aromatic ring is 1. The Morgan fingerprint density at radius 1 is 0.950 bits per heavy atom. The molecule has 0 aliphatic carbocycles.